The van der Waals surface area contributed by atoms with Gasteiger partial charge in [-0.15, -0.1) is 0 Å². The molecular weight excluding hydrogens is 354 g/mol. The zero-order chi connectivity index (χ0) is 19.5. The molecule has 28 heavy (non-hydrogen) atoms. The minimum Gasteiger partial charge on any atom is -0.432 e. The average molecular weight is 382 g/mol. The van der Waals surface area contributed by atoms with E-state index in [0.29, 0.717) is 18.2 Å². The van der Waals surface area contributed by atoms with Crippen molar-refractivity contribution < 1.29 is 14.5 Å². The highest BCUT2D eigenvalue weighted by molar-refractivity contribution is 6.06. The van der Waals surface area contributed by atoms with E-state index in [-0.39, 0.29) is 5.60 Å². The first-order valence-corrected chi connectivity index (χ1v) is 10.2. The normalized spacial score (nSPS) is 19.5. The molecule has 2 aliphatic rings. The predicted octanol–water partition coefficient (Wildman–Crippen LogP) is 2.13. The molecule has 0 spiro atoms. The number of fused-ring (bicyclic) bond motifs is 5. The number of pyridine rings is 1. The molecule has 0 amide bonds. The Bertz CT molecular complexity index is 1050. The summed E-state index contributed by atoms with van der Waals surface area (Å²) in [5.41, 5.74) is 5.67. The molecular formula is C21H28N5O2+. The van der Waals surface area contributed by atoms with Gasteiger partial charge in [0.1, 0.15) is 11.8 Å². The summed E-state index contributed by atoms with van der Waals surface area (Å²) in [5.74, 6) is 1.20. The molecule has 2 N–H and O–H groups in total. The van der Waals surface area contributed by atoms with Crippen LogP contribution < -0.4 is 10.2 Å². The Morgan fingerprint density at radius 1 is 1.14 bits per heavy atom. The summed E-state index contributed by atoms with van der Waals surface area (Å²) in [5, 5.41) is 3.38. The number of piperazine rings is 1. The van der Waals surface area contributed by atoms with Gasteiger partial charge >= 0.3 is 0 Å². The Balaban J connectivity index is 1.79. The number of hydrogen-bond donors (Lipinski definition) is 1. The highest BCUT2D eigenvalue weighted by Crippen LogP contribution is 2.41. The molecule has 2 aliphatic heterocycles. The number of hydrogen-bond acceptors (Lipinski definition) is 6. The van der Waals surface area contributed by atoms with Gasteiger partial charge in [0.2, 0.25) is 5.71 Å². The highest BCUT2D eigenvalue weighted by Gasteiger charge is 2.33. The third kappa shape index (κ3) is 2.76. The van der Waals surface area contributed by atoms with Crippen LogP contribution in [0.15, 0.2) is 10.7 Å². The SMILES string of the molecule is CC(C)c1nc2oc3c(N4CC[NH2+]CC4)ncnc3c2c2c1COC(C)(C)C2. The Hall–Kier alpha value is -2.25. The van der Waals surface area contributed by atoms with Gasteiger partial charge in [0, 0.05) is 12.0 Å². The first-order chi connectivity index (χ1) is 13.4. The van der Waals surface area contributed by atoms with Gasteiger partial charge in [-0.3, -0.25) is 0 Å². The van der Waals surface area contributed by atoms with Crippen molar-refractivity contribution in [3.05, 3.63) is 23.1 Å². The molecule has 5 heterocycles. The number of ether oxygens (including phenoxy) is 1. The van der Waals surface area contributed by atoms with Crippen molar-refractivity contribution in [2.75, 3.05) is 31.1 Å². The number of furan rings is 1. The summed E-state index contributed by atoms with van der Waals surface area (Å²) in [6, 6.07) is 0. The molecule has 0 saturated carbocycles. The van der Waals surface area contributed by atoms with Crippen molar-refractivity contribution >= 4 is 28.0 Å². The summed E-state index contributed by atoms with van der Waals surface area (Å²) in [6.07, 6.45) is 2.49. The first kappa shape index (κ1) is 17.8. The molecule has 0 bridgehead atoms. The lowest BCUT2D eigenvalue weighted by Crippen LogP contribution is -2.89. The van der Waals surface area contributed by atoms with E-state index in [1.165, 1.54) is 11.1 Å². The minimum absolute atomic E-state index is 0.211. The molecule has 1 fully saturated rings. The van der Waals surface area contributed by atoms with Gasteiger partial charge in [0.15, 0.2) is 11.4 Å². The van der Waals surface area contributed by atoms with Crippen LogP contribution in [0.3, 0.4) is 0 Å². The summed E-state index contributed by atoms with van der Waals surface area (Å²) in [4.78, 5) is 16.4. The van der Waals surface area contributed by atoms with Crippen molar-refractivity contribution in [1.29, 1.82) is 0 Å². The second kappa shape index (κ2) is 6.39. The first-order valence-electron chi connectivity index (χ1n) is 10.2. The minimum atomic E-state index is -0.211. The average Bonchev–Trinajstić information content (AvgIpc) is 3.06. The van der Waals surface area contributed by atoms with E-state index in [1.807, 2.05) is 0 Å². The van der Waals surface area contributed by atoms with Gasteiger partial charge in [-0.25, -0.2) is 15.0 Å². The van der Waals surface area contributed by atoms with E-state index in [2.05, 4.69) is 47.9 Å². The van der Waals surface area contributed by atoms with Crippen molar-refractivity contribution in [3.63, 3.8) is 0 Å². The Kier molecular flexibility index (Phi) is 4.07. The maximum Gasteiger partial charge on any atom is 0.229 e. The largest absolute Gasteiger partial charge is 0.432 e. The van der Waals surface area contributed by atoms with Crippen LogP contribution >= 0.6 is 0 Å². The number of nitrogens with two attached hydrogens (primary N) is 1. The van der Waals surface area contributed by atoms with E-state index >= 15 is 0 Å². The highest BCUT2D eigenvalue weighted by atomic mass is 16.5. The quantitative estimate of drug-likeness (QED) is 0.731. The van der Waals surface area contributed by atoms with Gasteiger partial charge in [0.25, 0.3) is 0 Å². The standard InChI is InChI=1S/C21H27N5O2/c1-12(2)16-14-10-27-21(3,4)9-13(14)15-17-18(28-20(15)25-16)19(24-11-23-17)26-7-5-22-6-8-26/h11-12,22H,5-10H2,1-4H3/p+1. The van der Waals surface area contributed by atoms with E-state index in [9.17, 15) is 0 Å². The van der Waals surface area contributed by atoms with Crippen molar-refractivity contribution in [2.45, 2.75) is 52.2 Å². The Morgan fingerprint density at radius 2 is 1.93 bits per heavy atom. The van der Waals surface area contributed by atoms with Crippen LogP contribution in [0, 0.1) is 0 Å². The monoisotopic (exact) mass is 382 g/mol. The number of quaternary nitrogens is 1. The van der Waals surface area contributed by atoms with Crippen LogP contribution in [0.2, 0.25) is 0 Å². The van der Waals surface area contributed by atoms with Crippen molar-refractivity contribution in [2.24, 2.45) is 0 Å². The van der Waals surface area contributed by atoms with Gasteiger partial charge in [-0.05, 0) is 25.3 Å². The van der Waals surface area contributed by atoms with E-state index < -0.39 is 0 Å². The molecule has 0 aromatic carbocycles. The van der Waals surface area contributed by atoms with E-state index in [0.717, 1.165) is 60.6 Å². The van der Waals surface area contributed by atoms with Crippen LogP contribution in [0.1, 0.15) is 50.4 Å². The molecule has 0 aliphatic carbocycles. The summed E-state index contributed by atoms with van der Waals surface area (Å²) < 4.78 is 12.5. The summed E-state index contributed by atoms with van der Waals surface area (Å²) in [6.45, 7) is 13.3. The number of rotatable bonds is 2. The maximum absolute atomic E-state index is 6.33. The van der Waals surface area contributed by atoms with Gasteiger partial charge in [0.05, 0.1) is 49.5 Å². The molecule has 3 aromatic heterocycles. The fourth-order valence-electron chi connectivity index (χ4n) is 4.48. The van der Waals surface area contributed by atoms with Gasteiger partial charge in [-0.2, -0.15) is 0 Å². The van der Waals surface area contributed by atoms with Crippen molar-refractivity contribution in [3.8, 4) is 0 Å². The molecule has 0 radical (unpaired) electrons. The van der Waals surface area contributed by atoms with E-state index in [4.69, 9.17) is 14.1 Å². The lowest BCUT2D eigenvalue weighted by Gasteiger charge is -2.33. The zero-order valence-corrected chi connectivity index (χ0v) is 17.1. The molecule has 0 unspecified atom stereocenters. The van der Waals surface area contributed by atoms with Crippen LogP contribution in [-0.4, -0.2) is 46.7 Å². The van der Waals surface area contributed by atoms with Gasteiger partial charge < -0.3 is 19.4 Å². The lowest BCUT2D eigenvalue weighted by atomic mass is 9.87. The molecule has 0 atom stereocenters. The summed E-state index contributed by atoms with van der Waals surface area (Å²) in [7, 11) is 0. The number of aromatic nitrogens is 3. The third-order valence-corrected chi connectivity index (χ3v) is 5.89. The predicted molar refractivity (Wildman–Crippen MR) is 108 cm³/mol. The molecule has 1 saturated heterocycles. The second-order valence-electron chi connectivity index (χ2n) is 8.84. The molecule has 3 aromatic rings. The van der Waals surface area contributed by atoms with Crippen LogP contribution in [-0.2, 0) is 17.8 Å². The Labute approximate surface area is 164 Å². The smallest absolute Gasteiger partial charge is 0.229 e. The Morgan fingerprint density at radius 3 is 2.68 bits per heavy atom. The van der Waals surface area contributed by atoms with Crippen LogP contribution in [0.5, 0.6) is 0 Å². The van der Waals surface area contributed by atoms with Crippen LogP contribution in [0.25, 0.3) is 22.2 Å². The molecule has 7 heteroatoms. The zero-order valence-electron chi connectivity index (χ0n) is 17.1. The fourth-order valence-corrected chi connectivity index (χ4v) is 4.48. The summed E-state index contributed by atoms with van der Waals surface area (Å²) >= 11 is 0. The maximum atomic E-state index is 6.33. The van der Waals surface area contributed by atoms with Crippen LogP contribution in [0.4, 0.5) is 5.82 Å². The number of nitrogens with zero attached hydrogens (tertiary/aromatic N) is 4. The third-order valence-electron chi connectivity index (χ3n) is 5.89. The number of anilines is 1. The fraction of sp³-hybridized carbons (Fsp3) is 0.571. The lowest BCUT2D eigenvalue weighted by molar-refractivity contribution is -0.655. The molecule has 148 valence electrons. The van der Waals surface area contributed by atoms with Gasteiger partial charge in [-0.1, -0.05) is 13.8 Å². The van der Waals surface area contributed by atoms with E-state index in [1.54, 1.807) is 6.33 Å². The topological polar surface area (TPSA) is 80.9 Å². The van der Waals surface area contributed by atoms with Crippen molar-refractivity contribution in [1.82, 2.24) is 15.0 Å². The molecule has 5 rings (SSSR count). The second-order valence-corrected chi connectivity index (χ2v) is 8.84. The molecule has 7 nitrogen and oxygen atoms in total.